The Kier molecular flexibility index (Phi) is 3.41. The number of benzene rings is 2. The number of rotatable bonds is 0. The summed E-state index contributed by atoms with van der Waals surface area (Å²) < 4.78 is 0. The third-order valence-electron chi connectivity index (χ3n) is 5.32. The fourth-order valence-corrected chi connectivity index (χ4v) is 3.67. The van der Waals surface area contributed by atoms with Gasteiger partial charge < -0.3 is 4.98 Å². The normalized spacial score (nSPS) is 14.5. The van der Waals surface area contributed by atoms with Gasteiger partial charge in [-0.1, -0.05) is 65.8 Å². The van der Waals surface area contributed by atoms with Crippen molar-refractivity contribution in [1.29, 1.82) is 0 Å². The summed E-state index contributed by atoms with van der Waals surface area (Å²) in [6.07, 6.45) is 2.10. The Morgan fingerprint density at radius 2 is 1.60 bits per heavy atom. The smallest absolute Gasteiger partial charge is 0.112 e. The molecule has 25 heavy (non-hydrogen) atoms. The Morgan fingerprint density at radius 1 is 0.840 bits per heavy atom. The van der Waals surface area contributed by atoms with Crippen molar-refractivity contribution in [3.05, 3.63) is 53.0 Å². The first-order chi connectivity index (χ1) is 11.6. The average Bonchev–Trinajstić information content (AvgIpc) is 2.96. The molecule has 1 aromatic heterocycles. The van der Waals surface area contributed by atoms with Gasteiger partial charge in [-0.25, -0.2) is 4.98 Å². The minimum absolute atomic E-state index is 0.0515. The fraction of sp³-hybridized carbons (Fsp3) is 0.435. The Balaban J connectivity index is 1.88. The molecule has 0 saturated carbocycles. The molecule has 1 heterocycles. The summed E-state index contributed by atoms with van der Waals surface area (Å²) in [5, 5.41) is 2.66. The number of imidazole rings is 1. The van der Waals surface area contributed by atoms with Crippen LogP contribution in [0.25, 0.3) is 22.0 Å². The predicted molar refractivity (Wildman–Crippen MR) is 106 cm³/mol. The Bertz CT molecular complexity index is 962. The minimum atomic E-state index is 0.0515. The van der Waals surface area contributed by atoms with Gasteiger partial charge in [0.25, 0.3) is 0 Å². The highest BCUT2D eigenvalue weighted by Gasteiger charge is 2.25. The predicted octanol–water partition coefficient (Wildman–Crippen LogP) is 5.92. The molecule has 0 atom stereocenters. The number of fused-ring (bicyclic) bond motifs is 4. The average molecular weight is 332 g/mol. The number of hydrogen-bond donors (Lipinski definition) is 1. The van der Waals surface area contributed by atoms with Crippen LogP contribution >= 0.6 is 0 Å². The molecule has 2 aromatic carbocycles. The van der Waals surface area contributed by atoms with Gasteiger partial charge in [-0.2, -0.15) is 0 Å². The Morgan fingerprint density at radius 3 is 2.28 bits per heavy atom. The van der Waals surface area contributed by atoms with Gasteiger partial charge in [0.2, 0.25) is 0 Å². The lowest BCUT2D eigenvalue weighted by molar-refractivity contribution is 0.551. The van der Waals surface area contributed by atoms with Crippen molar-refractivity contribution in [2.45, 2.75) is 65.2 Å². The third kappa shape index (κ3) is 2.78. The highest BCUT2D eigenvalue weighted by atomic mass is 15.0. The van der Waals surface area contributed by atoms with E-state index in [1.165, 1.54) is 38.9 Å². The van der Waals surface area contributed by atoms with Crippen molar-refractivity contribution in [3.63, 3.8) is 0 Å². The number of aryl methyl sites for hydroxylation is 2. The summed E-state index contributed by atoms with van der Waals surface area (Å²) in [7, 11) is 0. The van der Waals surface area contributed by atoms with Gasteiger partial charge in [-0.05, 0) is 46.2 Å². The maximum Gasteiger partial charge on any atom is 0.112 e. The molecule has 130 valence electrons. The summed E-state index contributed by atoms with van der Waals surface area (Å²) in [4.78, 5) is 8.51. The van der Waals surface area contributed by atoms with Crippen LogP contribution in [0.15, 0.2) is 30.3 Å². The molecule has 1 aliphatic carbocycles. The molecular weight excluding hydrogens is 304 g/mol. The number of H-pyrrole nitrogens is 1. The third-order valence-corrected chi connectivity index (χ3v) is 5.32. The van der Waals surface area contributed by atoms with Crippen molar-refractivity contribution in [2.75, 3.05) is 0 Å². The second-order valence-corrected chi connectivity index (χ2v) is 9.48. The molecule has 3 aromatic rings. The van der Waals surface area contributed by atoms with Crippen molar-refractivity contribution in [2.24, 2.45) is 0 Å². The summed E-state index contributed by atoms with van der Waals surface area (Å²) in [6, 6.07) is 11.6. The largest absolute Gasteiger partial charge is 0.341 e. The van der Waals surface area contributed by atoms with Crippen LogP contribution in [0, 0.1) is 0 Å². The summed E-state index contributed by atoms with van der Waals surface area (Å²) in [5.74, 6) is 1.09. The lowest BCUT2D eigenvalue weighted by atomic mass is 9.84. The second-order valence-electron chi connectivity index (χ2n) is 9.48. The van der Waals surface area contributed by atoms with Crippen molar-refractivity contribution in [1.82, 2.24) is 9.97 Å². The van der Waals surface area contributed by atoms with Crippen LogP contribution < -0.4 is 0 Å². The van der Waals surface area contributed by atoms with Crippen LogP contribution in [-0.4, -0.2) is 9.97 Å². The highest BCUT2D eigenvalue weighted by Crippen LogP contribution is 2.37. The summed E-state index contributed by atoms with van der Waals surface area (Å²) in [6.45, 7) is 13.5. The maximum atomic E-state index is 4.89. The molecule has 0 spiro atoms. The number of aromatic nitrogens is 2. The lowest BCUT2D eigenvalue weighted by Crippen LogP contribution is -2.13. The molecule has 0 amide bonds. The molecule has 2 heteroatoms. The minimum Gasteiger partial charge on any atom is -0.341 e. The molecule has 0 bridgehead atoms. The maximum absolute atomic E-state index is 4.89. The number of nitrogens with zero attached hydrogens (tertiary/aromatic N) is 1. The highest BCUT2D eigenvalue weighted by molar-refractivity contribution is 5.90. The Labute approximate surface area is 150 Å². The van der Waals surface area contributed by atoms with E-state index in [1.807, 2.05) is 0 Å². The van der Waals surface area contributed by atoms with E-state index in [-0.39, 0.29) is 10.8 Å². The van der Waals surface area contributed by atoms with E-state index in [2.05, 4.69) is 76.9 Å². The molecule has 1 aliphatic rings. The van der Waals surface area contributed by atoms with E-state index >= 15 is 0 Å². The molecule has 0 aliphatic heterocycles. The van der Waals surface area contributed by atoms with Crippen LogP contribution in [0.5, 0.6) is 0 Å². The van der Waals surface area contributed by atoms with E-state index in [0.717, 1.165) is 18.7 Å². The first kappa shape index (κ1) is 16.4. The van der Waals surface area contributed by atoms with Gasteiger partial charge >= 0.3 is 0 Å². The van der Waals surface area contributed by atoms with Gasteiger partial charge in [-0.3, -0.25) is 0 Å². The fourth-order valence-electron chi connectivity index (χ4n) is 3.67. The van der Waals surface area contributed by atoms with E-state index in [4.69, 9.17) is 4.98 Å². The summed E-state index contributed by atoms with van der Waals surface area (Å²) in [5.41, 5.74) is 6.86. The lowest BCUT2D eigenvalue weighted by Gasteiger charge is -2.21. The molecule has 4 rings (SSSR count). The van der Waals surface area contributed by atoms with Crippen LogP contribution in [0.3, 0.4) is 0 Å². The van der Waals surface area contributed by atoms with Gasteiger partial charge in [0.15, 0.2) is 0 Å². The standard InChI is InChI=1S/C23H28N2/c1-22(2,3)17-9-7-14-13-18-15(11-16(14)12-17)8-10-19-20(18)25-21(24-19)23(4,5)6/h7,9,11-13H,8,10H2,1-6H3,(H,24,25). The number of nitrogens with one attached hydrogen (secondary N) is 1. The molecule has 2 nitrogen and oxygen atoms in total. The second kappa shape index (κ2) is 5.20. The van der Waals surface area contributed by atoms with Crippen LogP contribution in [-0.2, 0) is 23.7 Å². The SMILES string of the molecule is CC(C)(C)c1ccc2cc3c(cc2c1)CCc1nc(C(C)(C)C)[nH]c1-3. The van der Waals surface area contributed by atoms with Gasteiger partial charge in [-0.15, -0.1) is 0 Å². The van der Waals surface area contributed by atoms with Crippen molar-refractivity contribution >= 4 is 10.8 Å². The molecule has 0 radical (unpaired) electrons. The topological polar surface area (TPSA) is 28.7 Å². The van der Waals surface area contributed by atoms with E-state index in [0.29, 0.717) is 0 Å². The summed E-state index contributed by atoms with van der Waals surface area (Å²) >= 11 is 0. The van der Waals surface area contributed by atoms with Gasteiger partial charge in [0.1, 0.15) is 5.82 Å². The quantitative estimate of drug-likeness (QED) is 0.543. The number of hydrogen-bond acceptors (Lipinski definition) is 1. The monoisotopic (exact) mass is 332 g/mol. The van der Waals surface area contributed by atoms with Crippen LogP contribution in [0.4, 0.5) is 0 Å². The van der Waals surface area contributed by atoms with Crippen LogP contribution in [0.2, 0.25) is 0 Å². The zero-order chi connectivity index (χ0) is 18.0. The molecule has 0 saturated heterocycles. The first-order valence-corrected chi connectivity index (χ1v) is 9.30. The van der Waals surface area contributed by atoms with Gasteiger partial charge in [0, 0.05) is 11.0 Å². The molecular formula is C23H28N2. The first-order valence-electron chi connectivity index (χ1n) is 9.30. The van der Waals surface area contributed by atoms with Crippen LogP contribution in [0.1, 0.15) is 64.2 Å². The molecule has 1 N–H and O–H groups in total. The van der Waals surface area contributed by atoms with Crippen molar-refractivity contribution in [3.8, 4) is 11.3 Å². The molecule has 0 unspecified atom stereocenters. The zero-order valence-corrected chi connectivity index (χ0v) is 16.2. The van der Waals surface area contributed by atoms with E-state index in [1.54, 1.807) is 0 Å². The zero-order valence-electron chi connectivity index (χ0n) is 16.2. The van der Waals surface area contributed by atoms with Gasteiger partial charge in [0.05, 0.1) is 11.4 Å². The number of aromatic amines is 1. The van der Waals surface area contributed by atoms with Crippen molar-refractivity contribution < 1.29 is 0 Å². The van der Waals surface area contributed by atoms with E-state index in [9.17, 15) is 0 Å². The molecule has 0 fully saturated rings. The Hall–Kier alpha value is -2.09. The van der Waals surface area contributed by atoms with E-state index < -0.39 is 0 Å².